The van der Waals surface area contributed by atoms with Gasteiger partial charge in [0.05, 0.1) is 17.5 Å². The minimum Gasteiger partial charge on any atom is -0.393 e. The summed E-state index contributed by atoms with van der Waals surface area (Å²) in [5.74, 6) is 0.412. The number of aromatic nitrogens is 2. The second kappa shape index (κ2) is 6.41. The lowest BCUT2D eigenvalue weighted by molar-refractivity contribution is 0.131. The molecular formula is C17H23N3O. The Kier molecular flexibility index (Phi) is 4.36. The fraction of sp³-hybridized carbons (Fsp3) is 0.471. The smallest absolute Gasteiger partial charge is 0.0645 e. The molecule has 0 radical (unpaired) electrons. The summed E-state index contributed by atoms with van der Waals surface area (Å²) in [4.78, 5) is 0. The monoisotopic (exact) mass is 285 g/mol. The molecule has 1 aromatic heterocycles. The Morgan fingerprint density at radius 3 is 2.81 bits per heavy atom. The molecule has 0 aliphatic heterocycles. The van der Waals surface area contributed by atoms with E-state index in [2.05, 4.69) is 28.7 Å². The van der Waals surface area contributed by atoms with Crippen LogP contribution in [0.2, 0.25) is 0 Å². The summed E-state index contributed by atoms with van der Waals surface area (Å²) in [6.45, 7) is 3.74. The van der Waals surface area contributed by atoms with Crippen LogP contribution in [0.4, 0.5) is 0 Å². The van der Waals surface area contributed by atoms with Crippen molar-refractivity contribution in [1.29, 1.82) is 0 Å². The maximum atomic E-state index is 9.84. The normalized spacial score (nSPS) is 21.8. The van der Waals surface area contributed by atoms with Gasteiger partial charge in [0.1, 0.15) is 0 Å². The van der Waals surface area contributed by atoms with Crippen LogP contribution < -0.4 is 5.32 Å². The molecule has 4 heteroatoms. The van der Waals surface area contributed by atoms with Crippen molar-refractivity contribution in [2.45, 2.75) is 38.8 Å². The molecule has 1 saturated carbocycles. The van der Waals surface area contributed by atoms with Crippen LogP contribution in [-0.4, -0.2) is 27.5 Å². The van der Waals surface area contributed by atoms with Gasteiger partial charge in [-0.3, -0.25) is 0 Å². The number of hydrogen-bond acceptors (Lipinski definition) is 3. The third-order valence-electron chi connectivity index (χ3n) is 4.36. The predicted octanol–water partition coefficient (Wildman–Crippen LogP) is 2.43. The Labute approximate surface area is 125 Å². The van der Waals surface area contributed by atoms with E-state index in [4.69, 9.17) is 0 Å². The Hall–Kier alpha value is -1.65. The molecule has 1 heterocycles. The van der Waals surface area contributed by atoms with Crippen LogP contribution in [0.25, 0.3) is 5.69 Å². The number of nitrogens with one attached hydrogen (secondary N) is 1. The molecule has 2 N–H and O–H groups in total. The maximum absolute atomic E-state index is 9.84. The molecule has 1 aliphatic rings. The zero-order chi connectivity index (χ0) is 14.7. The highest BCUT2D eigenvalue weighted by Crippen LogP contribution is 2.24. The number of aliphatic hydroxyl groups excluding tert-OH is 1. The number of benzene rings is 1. The molecule has 0 amide bonds. The Morgan fingerprint density at radius 2 is 2.10 bits per heavy atom. The fourth-order valence-electron chi connectivity index (χ4n) is 3.03. The van der Waals surface area contributed by atoms with Gasteiger partial charge in [-0.2, -0.15) is 5.10 Å². The van der Waals surface area contributed by atoms with Gasteiger partial charge in [-0.1, -0.05) is 24.6 Å². The van der Waals surface area contributed by atoms with Gasteiger partial charge in [0.2, 0.25) is 0 Å². The fourth-order valence-corrected chi connectivity index (χ4v) is 3.03. The molecule has 112 valence electrons. The van der Waals surface area contributed by atoms with Gasteiger partial charge in [-0.15, -0.1) is 0 Å². The quantitative estimate of drug-likeness (QED) is 0.887. The van der Waals surface area contributed by atoms with E-state index in [1.807, 2.05) is 29.8 Å². The molecular weight excluding hydrogens is 262 g/mol. The van der Waals surface area contributed by atoms with Crippen molar-refractivity contribution >= 4 is 0 Å². The average molecular weight is 285 g/mol. The largest absolute Gasteiger partial charge is 0.393 e. The molecule has 2 unspecified atom stereocenters. The van der Waals surface area contributed by atoms with Crippen LogP contribution in [0.5, 0.6) is 0 Å². The number of hydrogen-bond donors (Lipinski definition) is 2. The Balaban J connectivity index is 1.60. The Bertz CT molecular complexity index is 579. The molecule has 2 atom stereocenters. The summed E-state index contributed by atoms with van der Waals surface area (Å²) in [7, 11) is 0. The van der Waals surface area contributed by atoms with Gasteiger partial charge in [0.25, 0.3) is 0 Å². The minimum atomic E-state index is -0.120. The zero-order valence-corrected chi connectivity index (χ0v) is 12.5. The topological polar surface area (TPSA) is 50.1 Å². The SMILES string of the molecule is Cc1nn(-c2ccccc2)cc1CNCC1CCCC1O. The van der Waals surface area contributed by atoms with Crippen molar-refractivity contribution in [3.63, 3.8) is 0 Å². The maximum Gasteiger partial charge on any atom is 0.0645 e. The van der Waals surface area contributed by atoms with E-state index in [0.29, 0.717) is 5.92 Å². The first kappa shape index (κ1) is 14.3. The van der Waals surface area contributed by atoms with Crippen LogP contribution >= 0.6 is 0 Å². The van der Waals surface area contributed by atoms with Crippen molar-refractivity contribution in [1.82, 2.24) is 15.1 Å². The van der Waals surface area contributed by atoms with Crippen LogP contribution in [0.3, 0.4) is 0 Å². The third-order valence-corrected chi connectivity index (χ3v) is 4.36. The second-order valence-electron chi connectivity index (χ2n) is 5.91. The lowest BCUT2D eigenvalue weighted by Gasteiger charge is -2.14. The predicted molar refractivity (Wildman–Crippen MR) is 83.4 cm³/mol. The van der Waals surface area contributed by atoms with Gasteiger partial charge >= 0.3 is 0 Å². The van der Waals surface area contributed by atoms with Gasteiger partial charge < -0.3 is 10.4 Å². The zero-order valence-electron chi connectivity index (χ0n) is 12.5. The van der Waals surface area contributed by atoms with Crippen molar-refractivity contribution in [3.8, 4) is 5.69 Å². The highest BCUT2D eigenvalue weighted by molar-refractivity contribution is 5.32. The van der Waals surface area contributed by atoms with E-state index in [0.717, 1.165) is 43.7 Å². The molecule has 2 aromatic rings. The average Bonchev–Trinajstić information content (AvgIpc) is 3.07. The first-order chi connectivity index (χ1) is 10.2. The molecule has 3 rings (SSSR count). The van der Waals surface area contributed by atoms with E-state index in [-0.39, 0.29) is 6.10 Å². The van der Waals surface area contributed by atoms with E-state index >= 15 is 0 Å². The van der Waals surface area contributed by atoms with Crippen LogP contribution in [0.1, 0.15) is 30.5 Å². The van der Waals surface area contributed by atoms with Gasteiger partial charge in [-0.05, 0) is 37.8 Å². The first-order valence-corrected chi connectivity index (χ1v) is 7.73. The Morgan fingerprint density at radius 1 is 1.29 bits per heavy atom. The minimum absolute atomic E-state index is 0.120. The number of para-hydroxylation sites is 1. The number of nitrogens with zero attached hydrogens (tertiary/aromatic N) is 2. The molecule has 0 spiro atoms. The molecule has 1 aliphatic carbocycles. The van der Waals surface area contributed by atoms with E-state index < -0.39 is 0 Å². The summed E-state index contributed by atoms with van der Waals surface area (Å²) in [5, 5.41) is 17.9. The lowest BCUT2D eigenvalue weighted by Crippen LogP contribution is -2.27. The molecule has 4 nitrogen and oxygen atoms in total. The van der Waals surface area contributed by atoms with Gasteiger partial charge in [-0.25, -0.2) is 4.68 Å². The molecule has 0 bridgehead atoms. The summed E-state index contributed by atoms with van der Waals surface area (Å²) < 4.78 is 1.93. The number of aliphatic hydroxyl groups is 1. The summed E-state index contributed by atoms with van der Waals surface area (Å²) >= 11 is 0. The second-order valence-corrected chi connectivity index (χ2v) is 5.91. The molecule has 1 aromatic carbocycles. The third kappa shape index (κ3) is 3.34. The highest BCUT2D eigenvalue weighted by Gasteiger charge is 2.24. The molecule has 21 heavy (non-hydrogen) atoms. The number of rotatable bonds is 5. The van der Waals surface area contributed by atoms with Crippen LogP contribution in [0, 0.1) is 12.8 Å². The van der Waals surface area contributed by atoms with Crippen molar-refractivity contribution in [2.75, 3.05) is 6.54 Å². The molecule has 0 saturated heterocycles. The van der Waals surface area contributed by atoms with Gasteiger partial charge in [0, 0.05) is 24.8 Å². The van der Waals surface area contributed by atoms with Crippen LogP contribution in [-0.2, 0) is 6.54 Å². The standard InChI is InChI=1S/C17H23N3O/c1-13-15(11-18-10-14-6-5-9-17(14)21)12-20(19-13)16-7-3-2-4-8-16/h2-4,7-8,12,14,17-18,21H,5-6,9-11H2,1H3. The van der Waals surface area contributed by atoms with Crippen molar-refractivity contribution in [2.24, 2.45) is 5.92 Å². The summed E-state index contributed by atoms with van der Waals surface area (Å²) in [5.41, 5.74) is 3.35. The van der Waals surface area contributed by atoms with Crippen LogP contribution in [0.15, 0.2) is 36.5 Å². The van der Waals surface area contributed by atoms with E-state index in [9.17, 15) is 5.11 Å². The first-order valence-electron chi connectivity index (χ1n) is 7.73. The van der Waals surface area contributed by atoms with Crippen molar-refractivity contribution in [3.05, 3.63) is 47.8 Å². The highest BCUT2D eigenvalue weighted by atomic mass is 16.3. The summed E-state index contributed by atoms with van der Waals surface area (Å²) in [6.07, 6.45) is 5.21. The van der Waals surface area contributed by atoms with Gasteiger partial charge in [0.15, 0.2) is 0 Å². The lowest BCUT2D eigenvalue weighted by atomic mass is 10.1. The van der Waals surface area contributed by atoms with E-state index in [1.54, 1.807) is 0 Å². The van der Waals surface area contributed by atoms with Crippen molar-refractivity contribution < 1.29 is 5.11 Å². The molecule has 1 fully saturated rings. The number of aryl methyl sites for hydroxylation is 1. The van der Waals surface area contributed by atoms with E-state index in [1.165, 1.54) is 5.56 Å². The summed E-state index contributed by atoms with van der Waals surface area (Å²) in [6, 6.07) is 10.2.